The van der Waals surface area contributed by atoms with E-state index in [-0.39, 0.29) is 5.91 Å². The highest BCUT2D eigenvalue weighted by atomic mass is 16.1. The zero-order valence-corrected chi connectivity index (χ0v) is 10.3. The molecule has 4 heteroatoms. The van der Waals surface area contributed by atoms with Crippen LogP contribution in [-0.2, 0) is 18.4 Å². The molecule has 0 radical (unpaired) electrons. The lowest BCUT2D eigenvalue weighted by Crippen LogP contribution is -2.37. The normalized spacial score (nSPS) is 12.4. The van der Waals surface area contributed by atoms with Gasteiger partial charge in [0.2, 0.25) is 5.91 Å². The Labute approximate surface area is 97.0 Å². The molecule has 0 saturated carbocycles. The summed E-state index contributed by atoms with van der Waals surface area (Å²) < 4.78 is 2.00. The molecule has 1 heterocycles. The van der Waals surface area contributed by atoms with E-state index in [4.69, 9.17) is 0 Å². The van der Waals surface area contributed by atoms with Crippen molar-refractivity contribution in [1.82, 2.24) is 15.2 Å². The molecule has 1 aromatic heterocycles. The molecule has 1 aromatic rings. The van der Waals surface area contributed by atoms with Crippen LogP contribution in [0.4, 0.5) is 0 Å². The fourth-order valence-electron chi connectivity index (χ4n) is 1.34. The standard InChI is InChI=1S/C12H21N3O/c1-4-10(2)13-9-12(16)14-8-11-6-5-7-15(11)3/h5-7,10,13H,4,8-9H2,1-3H3,(H,14,16). The Morgan fingerprint density at radius 1 is 1.56 bits per heavy atom. The number of carbonyl (C=O) groups is 1. The number of amides is 1. The molecule has 2 N–H and O–H groups in total. The van der Waals surface area contributed by atoms with Crippen molar-refractivity contribution in [3.63, 3.8) is 0 Å². The highest BCUT2D eigenvalue weighted by Crippen LogP contribution is 1.98. The number of nitrogens with zero attached hydrogens (tertiary/aromatic N) is 1. The molecular weight excluding hydrogens is 202 g/mol. The first-order valence-corrected chi connectivity index (χ1v) is 5.73. The summed E-state index contributed by atoms with van der Waals surface area (Å²) in [6.45, 7) is 5.15. The van der Waals surface area contributed by atoms with Gasteiger partial charge in [-0.3, -0.25) is 4.79 Å². The summed E-state index contributed by atoms with van der Waals surface area (Å²) in [5.74, 6) is 0.0431. The van der Waals surface area contributed by atoms with Gasteiger partial charge in [-0.15, -0.1) is 0 Å². The lowest BCUT2D eigenvalue weighted by Gasteiger charge is -2.11. The number of hydrogen-bond acceptors (Lipinski definition) is 2. The Morgan fingerprint density at radius 3 is 2.88 bits per heavy atom. The molecule has 1 amide bonds. The summed E-state index contributed by atoms with van der Waals surface area (Å²) in [5, 5.41) is 6.04. The number of nitrogens with one attached hydrogen (secondary N) is 2. The van der Waals surface area contributed by atoms with E-state index < -0.39 is 0 Å². The van der Waals surface area contributed by atoms with Crippen LogP contribution < -0.4 is 10.6 Å². The second-order valence-electron chi connectivity index (χ2n) is 4.08. The van der Waals surface area contributed by atoms with Crippen LogP contribution in [0.2, 0.25) is 0 Å². The highest BCUT2D eigenvalue weighted by molar-refractivity contribution is 5.77. The van der Waals surface area contributed by atoms with Crippen LogP contribution in [0.3, 0.4) is 0 Å². The van der Waals surface area contributed by atoms with Crippen molar-refractivity contribution in [3.8, 4) is 0 Å². The average molecular weight is 223 g/mol. The summed E-state index contributed by atoms with van der Waals surface area (Å²) in [5.41, 5.74) is 1.11. The number of rotatable bonds is 6. The average Bonchev–Trinajstić information content (AvgIpc) is 2.69. The maximum absolute atomic E-state index is 11.5. The first-order valence-electron chi connectivity index (χ1n) is 5.73. The zero-order valence-electron chi connectivity index (χ0n) is 10.3. The molecule has 0 aliphatic heterocycles. The predicted octanol–water partition coefficient (Wildman–Crippen LogP) is 1.03. The van der Waals surface area contributed by atoms with Crippen molar-refractivity contribution < 1.29 is 4.79 Å². The number of hydrogen-bond donors (Lipinski definition) is 2. The van der Waals surface area contributed by atoms with Crippen LogP contribution in [0.5, 0.6) is 0 Å². The van der Waals surface area contributed by atoms with Crippen LogP contribution in [0.1, 0.15) is 26.0 Å². The van der Waals surface area contributed by atoms with Crippen LogP contribution in [0.15, 0.2) is 18.3 Å². The van der Waals surface area contributed by atoms with Gasteiger partial charge < -0.3 is 15.2 Å². The lowest BCUT2D eigenvalue weighted by molar-refractivity contribution is -0.120. The van der Waals surface area contributed by atoms with E-state index in [1.807, 2.05) is 29.9 Å². The van der Waals surface area contributed by atoms with Gasteiger partial charge in [0.1, 0.15) is 0 Å². The molecule has 16 heavy (non-hydrogen) atoms. The molecule has 90 valence electrons. The largest absolute Gasteiger partial charge is 0.353 e. The van der Waals surface area contributed by atoms with Crippen LogP contribution in [0, 0.1) is 0 Å². The fraction of sp³-hybridized carbons (Fsp3) is 0.583. The Bertz CT molecular complexity index is 333. The maximum Gasteiger partial charge on any atom is 0.234 e. The third-order valence-corrected chi connectivity index (χ3v) is 2.74. The van der Waals surface area contributed by atoms with Crippen molar-refractivity contribution in [3.05, 3.63) is 24.0 Å². The molecule has 0 aliphatic rings. The van der Waals surface area contributed by atoms with Gasteiger partial charge in [-0.05, 0) is 25.5 Å². The van der Waals surface area contributed by atoms with E-state index in [2.05, 4.69) is 24.5 Å². The van der Waals surface area contributed by atoms with E-state index in [1.54, 1.807) is 0 Å². The van der Waals surface area contributed by atoms with E-state index in [0.717, 1.165) is 12.1 Å². The summed E-state index contributed by atoms with van der Waals surface area (Å²) in [6, 6.07) is 4.36. The predicted molar refractivity (Wildman–Crippen MR) is 65.0 cm³/mol. The second-order valence-corrected chi connectivity index (χ2v) is 4.08. The van der Waals surface area contributed by atoms with Gasteiger partial charge >= 0.3 is 0 Å². The Kier molecular flexibility index (Phi) is 5.05. The first kappa shape index (κ1) is 12.8. The van der Waals surface area contributed by atoms with Crippen molar-refractivity contribution >= 4 is 5.91 Å². The third-order valence-electron chi connectivity index (χ3n) is 2.74. The Morgan fingerprint density at radius 2 is 2.31 bits per heavy atom. The van der Waals surface area contributed by atoms with E-state index in [1.165, 1.54) is 0 Å². The van der Waals surface area contributed by atoms with Crippen LogP contribution >= 0.6 is 0 Å². The molecule has 0 saturated heterocycles. The minimum Gasteiger partial charge on any atom is -0.353 e. The zero-order chi connectivity index (χ0) is 12.0. The van der Waals surface area contributed by atoms with E-state index in [0.29, 0.717) is 19.1 Å². The third kappa shape index (κ3) is 4.06. The fourth-order valence-corrected chi connectivity index (χ4v) is 1.34. The molecule has 4 nitrogen and oxygen atoms in total. The number of aryl methyl sites for hydroxylation is 1. The molecule has 1 atom stereocenters. The minimum atomic E-state index is 0.0431. The quantitative estimate of drug-likeness (QED) is 0.756. The smallest absolute Gasteiger partial charge is 0.234 e. The summed E-state index contributed by atoms with van der Waals surface area (Å²) >= 11 is 0. The highest BCUT2D eigenvalue weighted by Gasteiger charge is 2.04. The van der Waals surface area contributed by atoms with Crippen molar-refractivity contribution in [2.45, 2.75) is 32.9 Å². The van der Waals surface area contributed by atoms with Gasteiger partial charge in [0.15, 0.2) is 0 Å². The van der Waals surface area contributed by atoms with Gasteiger partial charge in [0, 0.05) is 25.0 Å². The van der Waals surface area contributed by atoms with Crippen molar-refractivity contribution in [2.75, 3.05) is 6.54 Å². The second kappa shape index (κ2) is 6.33. The maximum atomic E-state index is 11.5. The first-order chi connectivity index (χ1) is 7.63. The molecule has 0 bridgehead atoms. The topological polar surface area (TPSA) is 46.1 Å². The monoisotopic (exact) mass is 223 g/mol. The molecule has 0 spiro atoms. The van der Waals surface area contributed by atoms with Crippen LogP contribution in [0.25, 0.3) is 0 Å². The van der Waals surface area contributed by atoms with E-state index in [9.17, 15) is 4.79 Å². The molecule has 1 rings (SSSR count). The van der Waals surface area contributed by atoms with Crippen molar-refractivity contribution in [2.24, 2.45) is 7.05 Å². The molecule has 0 aliphatic carbocycles. The summed E-state index contributed by atoms with van der Waals surface area (Å²) in [6.07, 6.45) is 3.00. The van der Waals surface area contributed by atoms with E-state index >= 15 is 0 Å². The summed E-state index contributed by atoms with van der Waals surface area (Å²) in [7, 11) is 1.97. The van der Waals surface area contributed by atoms with Gasteiger partial charge in [-0.25, -0.2) is 0 Å². The van der Waals surface area contributed by atoms with Gasteiger partial charge in [-0.2, -0.15) is 0 Å². The molecule has 0 fully saturated rings. The Hall–Kier alpha value is -1.29. The van der Waals surface area contributed by atoms with Crippen LogP contribution in [-0.4, -0.2) is 23.1 Å². The van der Waals surface area contributed by atoms with Gasteiger partial charge in [0.05, 0.1) is 13.1 Å². The minimum absolute atomic E-state index is 0.0431. The number of aromatic nitrogens is 1. The molecule has 0 aromatic carbocycles. The van der Waals surface area contributed by atoms with Gasteiger partial charge in [0.25, 0.3) is 0 Å². The van der Waals surface area contributed by atoms with Crippen molar-refractivity contribution in [1.29, 1.82) is 0 Å². The number of carbonyl (C=O) groups excluding carboxylic acids is 1. The molecular formula is C12H21N3O. The molecule has 1 unspecified atom stereocenters. The Balaban J connectivity index is 2.23. The summed E-state index contributed by atoms with van der Waals surface area (Å²) in [4.78, 5) is 11.5. The lowest BCUT2D eigenvalue weighted by atomic mass is 10.2. The SMILES string of the molecule is CCC(C)NCC(=O)NCc1cccn1C. The van der Waals surface area contributed by atoms with Gasteiger partial charge in [-0.1, -0.05) is 6.92 Å².